The van der Waals surface area contributed by atoms with Crippen molar-refractivity contribution in [3.8, 4) is 0 Å². The smallest absolute Gasteiger partial charge is 0.258 e. The summed E-state index contributed by atoms with van der Waals surface area (Å²) in [5.74, 6) is -2.06. The van der Waals surface area contributed by atoms with E-state index in [1.54, 1.807) is 11.0 Å². The molecule has 2 aliphatic rings. The third-order valence-electron chi connectivity index (χ3n) is 7.41. The van der Waals surface area contributed by atoms with Crippen molar-refractivity contribution in [2.75, 3.05) is 18.9 Å². The zero-order valence-corrected chi connectivity index (χ0v) is 21.8. The van der Waals surface area contributed by atoms with E-state index >= 15 is 0 Å². The van der Waals surface area contributed by atoms with Gasteiger partial charge in [0.1, 0.15) is 18.2 Å². The van der Waals surface area contributed by atoms with Crippen molar-refractivity contribution >= 4 is 46.0 Å². The van der Waals surface area contributed by atoms with Gasteiger partial charge in [-0.15, -0.1) is 0 Å². The van der Waals surface area contributed by atoms with Crippen LogP contribution in [0.5, 0.6) is 0 Å². The molecular formula is C27H34N6O5. The minimum absolute atomic E-state index is 0.185. The molecule has 11 heteroatoms. The van der Waals surface area contributed by atoms with Gasteiger partial charge in [-0.25, -0.2) is 0 Å². The maximum absolute atomic E-state index is 13.9. The molecule has 0 bridgehead atoms. The highest BCUT2D eigenvalue weighted by molar-refractivity contribution is 6.05. The van der Waals surface area contributed by atoms with Crippen LogP contribution in [0.2, 0.25) is 0 Å². The van der Waals surface area contributed by atoms with Gasteiger partial charge in [-0.3, -0.25) is 24.0 Å². The number of amides is 5. The van der Waals surface area contributed by atoms with Gasteiger partial charge in [0.15, 0.2) is 6.17 Å². The first-order valence-corrected chi connectivity index (χ1v) is 12.8. The van der Waals surface area contributed by atoms with Crippen LogP contribution in [0.3, 0.4) is 0 Å². The Morgan fingerprint density at radius 3 is 2.45 bits per heavy atom. The molecule has 5 amide bonds. The number of nitrogens with zero attached hydrogens (tertiary/aromatic N) is 3. The van der Waals surface area contributed by atoms with Crippen molar-refractivity contribution in [2.24, 2.45) is 5.73 Å². The molecule has 0 unspecified atom stereocenters. The van der Waals surface area contributed by atoms with Crippen molar-refractivity contribution < 1.29 is 24.0 Å². The van der Waals surface area contributed by atoms with E-state index in [2.05, 4.69) is 10.6 Å². The van der Waals surface area contributed by atoms with E-state index in [-0.39, 0.29) is 18.2 Å². The van der Waals surface area contributed by atoms with Crippen LogP contribution in [0.4, 0.5) is 5.69 Å². The van der Waals surface area contributed by atoms with Crippen molar-refractivity contribution in [3.63, 3.8) is 0 Å². The van der Waals surface area contributed by atoms with Crippen LogP contribution in [0.25, 0.3) is 10.8 Å². The maximum atomic E-state index is 13.9. The fourth-order valence-corrected chi connectivity index (χ4v) is 5.26. The Morgan fingerprint density at radius 1 is 1.03 bits per heavy atom. The molecule has 2 heterocycles. The quantitative estimate of drug-likeness (QED) is 0.500. The minimum Gasteiger partial charge on any atom is -0.341 e. The first-order chi connectivity index (χ1) is 18.1. The zero-order valence-electron chi connectivity index (χ0n) is 21.8. The number of carbonyl (C=O) groups excluding carboxylic acids is 5. The van der Waals surface area contributed by atoms with Gasteiger partial charge in [-0.05, 0) is 37.1 Å². The van der Waals surface area contributed by atoms with Crippen LogP contribution >= 0.6 is 0 Å². The van der Waals surface area contributed by atoms with E-state index in [1.165, 1.54) is 25.8 Å². The second-order valence-electron chi connectivity index (χ2n) is 9.83. The largest absolute Gasteiger partial charge is 0.341 e. The van der Waals surface area contributed by atoms with E-state index in [0.29, 0.717) is 31.5 Å². The van der Waals surface area contributed by atoms with Crippen LogP contribution in [0.15, 0.2) is 42.5 Å². The highest BCUT2D eigenvalue weighted by atomic mass is 16.2. The monoisotopic (exact) mass is 522 g/mol. The fraction of sp³-hybridized carbons (Fsp3) is 0.444. The molecule has 4 rings (SSSR count). The molecule has 4 N–H and O–H groups in total. The Labute approximate surface area is 221 Å². The van der Waals surface area contributed by atoms with Gasteiger partial charge in [0.05, 0.1) is 0 Å². The van der Waals surface area contributed by atoms with Crippen molar-refractivity contribution in [3.05, 3.63) is 42.5 Å². The third kappa shape index (κ3) is 5.33. The molecule has 11 nitrogen and oxygen atoms in total. The number of benzene rings is 2. The number of hydrogen-bond donors (Lipinski definition) is 3. The Balaban J connectivity index is 1.60. The van der Waals surface area contributed by atoms with Crippen LogP contribution in [0, 0.1) is 0 Å². The lowest BCUT2D eigenvalue weighted by atomic mass is 10.1. The average molecular weight is 523 g/mol. The Bertz CT molecular complexity index is 1260. The molecule has 2 fully saturated rings. The van der Waals surface area contributed by atoms with E-state index in [0.717, 1.165) is 15.7 Å². The molecule has 0 spiro atoms. The minimum atomic E-state index is -1.26. The van der Waals surface area contributed by atoms with Gasteiger partial charge in [0.25, 0.3) is 5.91 Å². The topological polar surface area (TPSA) is 145 Å². The standard InChI is InChI=1S/C27H34N6O5/c1-16(34)31(3)24(28)26(37)30-21-12-7-15-32(17(2)35)23-14-13-22(33(23)27(21)38)25(36)29-20-11-6-9-18-8-4-5-10-19(18)20/h4-6,8-11,21-24H,7,12-15,28H2,1-3H3,(H,29,36)(H,30,37)/t21-,22+,23+,24+/m0/s1. The Morgan fingerprint density at radius 2 is 1.74 bits per heavy atom. The highest BCUT2D eigenvalue weighted by Gasteiger charge is 2.47. The highest BCUT2D eigenvalue weighted by Crippen LogP contribution is 2.32. The summed E-state index contributed by atoms with van der Waals surface area (Å²) in [6.07, 6.45) is -0.330. The van der Waals surface area contributed by atoms with Crippen LogP contribution in [-0.4, -0.2) is 82.2 Å². The summed E-state index contributed by atoms with van der Waals surface area (Å²) in [5.41, 5.74) is 6.55. The molecule has 0 radical (unpaired) electrons. The first kappa shape index (κ1) is 27.1. The van der Waals surface area contributed by atoms with Crippen LogP contribution < -0.4 is 16.4 Å². The normalized spacial score (nSPS) is 22.2. The number of anilines is 1. The second-order valence-corrected chi connectivity index (χ2v) is 9.83. The number of rotatable bonds is 5. The first-order valence-electron chi connectivity index (χ1n) is 12.8. The molecule has 2 aliphatic heterocycles. The molecule has 0 aromatic heterocycles. The fourth-order valence-electron chi connectivity index (χ4n) is 5.26. The second kappa shape index (κ2) is 11.2. The molecule has 0 aliphatic carbocycles. The van der Waals surface area contributed by atoms with Crippen LogP contribution in [0.1, 0.15) is 39.5 Å². The van der Waals surface area contributed by atoms with Crippen LogP contribution in [-0.2, 0) is 24.0 Å². The number of fused-ring (bicyclic) bond motifs is 2. The van der Waals surface area contributed by atoms with E-state index in [1.807, 2.05) is 36.4 Å². The lowest BCUT2D eigenvalue weighted by molar-refractivity contribution is -0.152. The van der Waals surface area contributed by atoms with E-state index in [4.69, 9.17) is 5.73 Å². The summed E-state index contributed by atoms with van der Waals surface area (Å²) in [4.78, 5) is 68.5. The number of nitrogens with two attached hydrogens (primary N) is 1. The number of nitrogens with one attached hydrogen (secondary N) is 2. The molecule has 38 heavy (non-hydrogen) atoms. The maximum Gasteiger partial charge on any atom is 0.258 e. The summed E-state index contributed by atoms with van der Waals surface area (Å²) in [7, 11) is 1.40. The summed E-state index contributed by atoms with van der Waals surface area (Å²) in [5, 5.41) is 7.49. The third-order valence-corrected chi connectivity index (χ3v) is 7.41. The summed E-state index contributed by atoms with van der Waals surface area (Å²) in [6, 6.07) is 11.5. The number of hydrogen-bond acceptors (Lipinski definition) is 6. The molecular weight excluding hydrogens is 488 g/mol. The molecule has 2 aromatic rings. The van der Waals surface area contributed by atoms with Gasteiger partial charge >= 0.3 is 0 Å². The van der Waals surface area contributed by atoms with E-state index < -0.39 is 42.1 Å². The molecule has 4 atom stereocenters. The van der Waals surface area contributed by atoms with Gasteiger partial charge in [0, 0.05) is 38.5 Å². The summed E-state index contributed by atoms with van der Waals surface area (Å²) in [6.45, 7) is 3.12. The molecule has 2 saturated heterocycles. The van der Waals surface area contributed by atoms with Crippen molar-refractivity contribution in [2.45, 2.75) is 63.9 Å². The summed E-state index contributed by atoms with van der Waals surface area (Å²) < 4.78 is 0. The number of carbonyl (C=O) groups is 5. The lowest BCUT2D eigenvalue weighted by Crippen LogP contribution is -2.62. The molecule has 0 saturated carbocycles. The van der Waals surface area contributed by atoms with Gasteiger partial charge < -0.3 is 31.1 Å². The predicted octanol–water partition coefficient (Wildman–Crippen LogP) is 0.986. The van der Waals surface area contributed by atoms with Gasteiger partial charge in [0.2, 0.25) is 23.6 Å². The predicted molar refractivity (Wildman–Crippen MR) is 141 cm³/mol. The molecule has 202 valence electrons. The Hall–Kier alpha value is -3.99. The summed E-state index contributed by atoms with van der Waals surface area (Å²) >= 11 is 0. The zero-order chi connectivity index (χ0) is 27.6. The van der Waals surface area contributed by atoms with Gasteiger partial charge in [-0.1, -0.05) is 36.4 Å². The van der Waals surface area contributed by atoms with Crippen molar-refractivity contribution in [1.29, 1.82) is 0 Å². The van der Waals surface area contributed by atoms with Crippen molar-refractivity contribution in [1.82, 2.24) is 20.0 Å². The molecule has 2 aromatic carbocycles. The Kier molecular flexibility index (Phi) is 7.96. The van der Waals surface area contributed by atoms with Gasteiger partial charge in [-0.2, -0.15) is 0 Å². The number of likely N-dealkylation sites (N-methyl/N-ethyl adjacent to an activating group) is 1. The average Bonchev–Trinajstić information content (AvgIpc) is 3.32. The SMILES string of the molecule is CC(=O)N(C)[C@@H](N)C(=O)N[C@H]1CCCN(C(C)=O)[C@H]2CC[C@H](C(=O)Nc3cccc4ccccc34)N2C1=O. The lowest BCUT2D eigenvalue weighted by Gasteiger charge is -2.41. The van der Waals surface area contributed by atoms with E-state index in [9.17, 15) is 24.0 Å².